The van der Waals surface area contributed by atoms with Gasteiger partial charge in [-0.3, -0.25) is 4.55 Å². The van der Waals surface area contributed by atoms with Gasteiger partial charge in [0.2, 0.25) is 0 Å². The van der Waals surface area contributed by atoms with Gasteiger partial charge in [-0.15, -0.1) is 0 Å². The summed E-state index contributed by atoms with van der Waals surface area (Å²) in [7, 11) is -6.11. The van der Waals surface area contributed by atoms with E-state index < -0.39 is 33.1 Å². The van der Waals surface area contributed by atoms with Gasteiger partial charge in [-0.1, -0.05) is 12.8 Å². The molecule has 0 amide bonds. The highest BCUT2D eigenvalue weighted by Gasteiger charge is 2.70. The molecule has 3 unspecified atom stereocenters. The normalized spacial score (nSPS) is 33.7. The molecule has 3 atom stereocenters. The highest BCUT2D eigenvalue weighted by atomic mass is 32.2. The van der Waals surface area contributed by atoms with Crippen LogP contribution in [0.1, 0.15) is 32.1 Å². The third-order valence-electron chi connectivity index (χ3n) is 4.16. The molecule has 2 rings (SSSR count). The Kier molecular flexibility index (Phi) is 3.17. The molecule has 1 N–H and O–H groups in total. The van der Waals surface area contributed by atoms with Crippen molar-refractivity contribution >= 4 is 10.1 Å². The SMILES string of the molecule is O=S(=O)(O)C(F)(F)C(F)(F)C1CC2CCCC1C2. The molecule has 0 radical (unpaired) electrons. The van der Waals surface area contributed by atoms with Crippen molar-refractivity contribution in [2.45, 2.75) is 43.3 Å². The van der Waals surface area contributed by atoms with Crippen LogP contribution in [-0.4, -0.2) is 24.1 Å². The minimum absolute atomic E-state index is 0.0307. The summed E-state index contributed by atoms with van der Waals surface area (Å²) in [5.74, 6) is -6.99. The second-order valence-corrected chi connectivity index (χ2v) is 6.71. The van der Waals surface area contributed by atoms with Gasteiger partial charge in [-0.2, -0.15) is 26.0 Å². The van der Waals surface area contributed by atoms with Crippen LogP contribution < -0.4 is 0 Å². The molecule has 2 bridgehead atoms. The number of hydrogen-bond donors (Lipinski definition) is 1. The van der Waals surface area contributed by atoms with Crippen LogP contribution in [0.25, 0.3) is 0 Å². The van der Waals surface area contributed by atoms with Crippen molar-refractivity contribution in [1.29, 1.82) is 0 Å². The fourth-order valence-corrected chi connectivity index (χ4v) is 3.79. The molecule has 0 spiro atoms. The maximum absolute atomic E-state index is 13.8. The van der Waals surface area contributed by atoms with E-state index in [0.29, 0.717) is 19.3 Å². The highest BCUT2D eigenvalue weighted by molar-refractivity contribution is 7.87. The topological polar surface area (TPSA) is 54.4 Å². The predicted molar refractivity (Wildman–Crippen MR) is 55.0 cm³/mol. The Morgan fingerprint density at radius 3 is 2.17 bits per heavy atom. The third kappa shape index (κ3) is 1.93. The van der Waals surface area contributed by atoms with Crippen molar-refractivity contribution in [2.75, 3.05) is 0 Å². The van der Waals surface area contributed by atoms with E-state index in [9.17, 15) is 26.0 Å². The zero-order valence-electron chi connectivity index (χ0n) is 9.45. The molecule has 2 aliphatic rings. The number of alkyl halides is 4. The van der Waals surface area contributed by atoms with Crippen molar-refractivity contribution in [1.82, 2.24) is 0 Å². The summed E-state index contributed by atoms with van der Waals surface area (Å²) in [4.78, 5) is 0. The average Bonchev–Trinajstić information content (AvgIpc) is 2.52. The molecule has 0 aliphatic heterocycles. The molecule has 0 saturated heterocycles. The summed E-state index contributed by atoms with van der Waals surface area (Å²) in [5, 5.41) is -5.41. The van der Waals surface area contributed by atoms with E-state index in [-0.39, 0.29) is 12.3 Å². The van der Waals surface area contributed by atoms with E-state index in [0.717, 1.165) is 6.42 Å². The summed E-state index contributed by atoms with van der Waals surface area (Å²) in [6, 6.07) is 0. The van der Waals surface area contributed by atoms with Gasteiger partial charge < -0.3 is 0 Å². The highest BCUT2D eigenvalue weighted by Crippen LogP contribution is 2.56. The van der Waals surface area contributed by atoms with Gasteiger partial charge >= 0.3 is 21.3 Å². The Morgan fingerprint density at radius 2 is 1.67 bits per heavy atom. The van der Waals surface area contributed by atoms with E-state index in [1.807, 2.05) is 0 Å². The molecule has 18 heavy (non-hydrogen) atoms. The summed E-state index contributed by atoms with van der Waals surface area (Å²) in [6.07, 6.45) is 2.20. The first-order valence-corrected chi connectivity index (χ1v) is 7.24. The minimum Gasteiger partial charge on any atom is -0.281 e. The van der Waals surface area contributed by atoms with E-state index in [2.05, 4.69) is 0 Å². The molecule has 0 aromatic heterocycles. The van der Waals surface area contributed by atoms with Crippen LogP contribution >= 0.6 is 0 Å². The summed E-state index contributed by atoms with van der Waals surface area (Å²) in [6.45, 7) is 0. The molecule has 3 nitrogen and oxygen atoms in total. The third-order valence-corrected chi connectivity index (χ3v) is 5.08. The predicted octanol–water partition coefficient (Wildman–Crippen LogP) is 2.93. The quantitative estimate of drug-likeness (QED) is 0.642. The number of halogens is 4. The maximum atomic E-state index is 13.8. The van der Waals surface area contributed by atoms with Gasteiger partial charge in [0.15, 0.2) is 0 Å². The largest absolute Gasteiger partial charge is 0.431 e. The second-order valence-electron chi connectivity index (χ2n) is 5.25. The fraction of sp³-hybridized carbons (Fsp3) is 1.00. The zero-order chi connectivity index (χ0) is 13.8. The minimum atomic E-state index is -6.11. The van der Waals surface area contributed by atoms with Crippen molar-refractivity contribution in [3.05, 3.63) is 0 Å². The van der Waals surface area contributed by atoms with E-state index in [4.69, 9.17) is 4.55 Å². The maximum Gasteiger partial charge on any atom is 0.431 e. The molecule has 0 aromatic rings. The van der Waals surface area contributed by atoms with Crippen molar-refractivity contribution in [3.63, 3.8) is 0 Å². The van der Waals surface area contributed by atoms with Crippen LogP contribution in [0, 0.1) is 17.8 Å². The van der Waals surface area contributed by atoms with Crippen LogP contribution in [0.3, 0.4) is 0 Å². The van der Waals surface area contributed by atoms with Crippen LogP contribution in [0.5, 0.6) is 0 Å². The van der Waals surface area contributed by atoms with Crippen molar-refractivity contribution in [2.24, 2.45) is 17.8 Å². The zero-order valence-corrected chi connectivity index (χ0v) is 10.3. The van der Waals surface area contributed by atoms with Crippen LogP contribution in [0.15, 0.2) is 0 Å². The Hall–Kier alpha value is -0.370. The van der Waals surface area contributed by atoms with E-state index >= 15 is 0 Å². The summed E-state index contributed by atoms with van der Waals surface area (Å²) >= 11 is 0. The number of hydrogen-bond acceptors (Lipinski definition) is 2. The van der Waals surface area contributed by atoms with Crippen LogP contribution in [-0.2, 0) is 10.1 Å². The first-order chi connectivity index (χ1) is 8.07. The van der Waals surface area contributed by atoms with Crippen molar-refractivity contribution < 1.29 is 30.5 Å². The lowest BCUT2D eigenvalue weighted by Gasteiger charge is -2.32. The van der Waals surface area contributed by atoms with Crippen LogP contribution in [0.2, 0.25) is 0 Å². The molecule has 2 saturated carbocycles. The molecular weight excluding hydrogens is 276 g/mol. The van der Waals surface area contributed by atoms with Gasteiger partial charge in [0.1, 0.15) is 0 Å². The molecule has 8 heteroatoms. The molecule has 106 valence electrons. The van der Waals surface area contributed by atoms with E-state index in [1.54, 1.807) is 0 Å². The number of rotatable bonds is 3. The smallest absolute Gasteiger partial charge is 0.281 e. The molecular formula is C10H14F4O3S. The van der Waals surface area contributed by atoms with Gasteiger partial charge in [0.25, 0.3) is 0 Å². The molecule has 0 heterocycles. The van der Waals surface area contributed by atoms with Gasteiger partial charge in [0.05, 0.1) is 0 Å². The lowest BCUT2D eigenvalue weighted by molar-refractivity contribution is -0.200. The molecule has 0 aromatic carbocycles. The van der Waals surface area contributed by atoms with E-state index in [1.165, 1.54) is 0 Å². The van der Waals surface area contributed by atoms with Crippen molar-refractivity contribution in [3.8, 4) is 0 Å². The molecule has 2 fully saturated rings. The average molecular weight is 290 g/mol. The Bertz CT molecular complexity index is 434. The first-order valence-electron chi connectivity index (χ1n) is 5.80. The lowest BCUT2D eigenvalue weighted by atomic mass is 9.85. The molecule has 2 aliphatic carbocycles. The van der Waals surface area contributed by atoms with Crippen LogP contribution in [0.4, 0.5) is 17.6 Å². The fourth-order valence-electron chi connectivity index (χ4n) is 3.30. The standard InChI is InChI=1S/C10H14F4O3S/c11-9(12,10(13,14)18(15,16)17)8-5-6-2-1-3-7(8)4-6/h6-8H,1-5H2,(H,15,16,17). The monoisotopic (exact) mass is 290 g/mol. The first kappa shape index (κ1) is 14.0. The Balaban J connectivity index is 2.31. The Labute approximate surface area is 102 Å². The second kappa shape index (κ2) is 4.06. The lowest BCUT2D eigenvalue weighted by Crippen LogP contribution is -2.52. The number of fused-ring (bicyclic) bond motifs is 2. The summed E-state index contributed by atoms with van der Waals surface area (Å²) < 4.78 is 83.2. The summed E-state index contributed by atoms with van der Waals surface area (Å²) in [5.41, 5.74) is 0. The van der Waals surface area contributed by atoms with Gasteiger partial charge in [-0.25, -0.2) is 0 Å². The van der Waals surface area contributed by atoms with Gasteiger partial charge in [0, 0.05) is 5.92 Å². The van der Waals surface area contributed by atoms with Gasteiger partial charge in [-0.05, 0) is 31.1 Å². The Morgan fingerprint density at radius 1 is 1.06 bits per heavy atom.